The Morgan fingerprint density at radius 2 is 1.67 bits per heavy atom. The second kappa shape index (κ2) is 26.1. The molecule has 0 aromatic carbocycles. The molecule has 1 rings (SSSR count). The predicted molar refractivity (Wildman–Crippen MR) is 107 cm³/mol. The standard InChI is InChI=1S/C9H19NO.C5H12O.C4H4NO2.C2H6.K/c1-4-7-10-9(11)6-5-8(2)3;1-5(2)3-4-6;6-3-1-2-4(7)5-3;1-2;/h8H,4-7H2,1-3H3,(H,10,11);5-6H,3-4H2,1-2H3;1H,2H2,(H,5,6,7);1-2H3;/q;;-1;;+1. The fraction of sp³-hybridized carbons (Fsp3) is 0.800. The van der Waals surface area contributed by atoms with Gasteiger partial charge in [-0.1, -0.05) is 54.9 Å². The van der Waals surface area contributed by atoms with Gasteiger partial charge in [-0.15, -0.1) is 0 Å². The number of aliphatic hydroxyl groups is 1. The Balaban J connectivity index is -0.000000144. The van der Waals surface area contributed by atoms with Crippen LogP contribution in [0.15, 0.2) is 0 Å². The van der Waals surface area contributed by atoms with Crippen molar-refractivity contribution in [3.8, 4) is 0 Å². The van der Waals surface area contributed by atoms with Gasteiger partial charge in [-0.3, -0.25) is 16.0 Å². The molecule has 1 heterocycles. The van der Waals surface area contributed by atoms with E-state index in [4.69, 9.17) is 5.11 Å². The first-order chi connectivity index (χ1) is 12.2. The van der Waals surface area contributed by atoms with Gasteiger partial charge in [0, 0.05) is 19.6 Å². The number of hydrogen-bond acceptors (Lipinski definition) is 4. The van der Waals surface area contributed by atoms with Crippen LogP contribution in [0.3, 0.4) is 0 Å². The molecule has 0 aromatic heterocycles. The molecule has 1 saturated heterocycles. The number of aliphatic hydroxyl groups excluding tert-OH is 1. The number of nitrogens with one attached hydrogen (secondary N) is 2. The molecule has 0 spiro atoms. The van der Waals surface area contributed by atoms with Crippen molar-refractivity contribution >= 4 is 17.7 Å². The number of carbonyl (C=O) groups excluding carboxylic acids is 3. The fourth-order valence-electron chi connectivity index (χ4n) is 1.46. The zero-order chi connectivity index (χ0) is 21.0. The Bertz CT molecular complexity index is 348. The van der Waals surface area contributed by atoms with Gasteiger partial charge in [0.2, 0.25) is 5.91 Å². The zero-order valence-corrected chi connectivity index (χ0v) is 22.0. The molecule has 3 N–H and O–H groups in total. The van der Waals surface area contributed by atoms with Crippen LogP contribution in [0.5, 0.6) is 0 Å². The monoisotopic (exact) mass is 412 g/mol. The van der Waals surface area contributed by atoms with E-state index in [9.17, 15) is 14.4 Å². The smallest absolute Gasteiger partial charge is 0.396 e. The van der Waals surface area contributed by atoms with Gasteiger partial charge in [-0.2, -0.15) is 0 Å². The zero-order valence-electron chi connectivity index (χ0n) is 18.9. The third-order valence-electron chi connectivity index (χ3n) is 2.96. The minimum Gasteiger partial charge on any atom is -0.396 e. The van der Waals surface area contributed by atoms with Crippen LogP contribution < -0.4 is 62.0 Å². The number of carbonyl (C=O) groups is 3. The molecule has 0 aliphatic carbocycles. The normalized spacial score (nSPS) is 11.5. The predicted octanol–water partition coefficient (Wildman–Crippen LogP) is 0.241. The second-order valence-corrected chi connectivity index (χ2v) is 6.51. The summed E-state index contributed by atoms with van der Waals surface area (Å²) in [4.78, 5) is 31.2. The summed E-state index contributed by atoms with van der Waals surface area (Å²) in [5.41, 5.74) is 0. The van der Waals surface area contributed by atoms with Crippen molar-refractivity contribution in [2.75, 3.05) is 13.2 Å². The Kier molecular flexibility index (Phi) is 33.4. The first-order valence-electron chi connectivity index (χ1n) is 9.77. The summed E-state index contributed by atoms with van der Waals surface area (Å²) in [7, 11) is 0. The summed E-state index contributed by atoms with van der Waals surface area (Å²) in [5.74, 6) is 0.993. The maximum Gasteiger partial charge on any atom is 1.00 e. The maximum atomic E-state index is 11.0. The molecule has 1 aliphatic heterocycles. The Labute approximate surface area is 209 Å². The van der Waals surface area contributed by atoms with E-state index in [2.05, 4.69) is 45.3 Å². The van der Waals surface area contributed by atoms with Crippen LogP contribution in [-0.2, 0) is 14.4 Å². The van der Waals surface area contributed by atoms with Gasteiger partial charge in [0.15, 0.2) is 5.91 Å². The van der Waals surface area contributed by atoms with Crippen molar-refractivity contribution < 1.29 is 70.9 Å². The first kappa shape index (κ1) is 34.6. The van der Waals surface area contributed by atoms with Gasteiger partial charge in [-0.25, -0.2) is 0 Å². The summed E-state index contributed by atoms with van der Waals surface area (Å²) in [5, 5.41) is 13.2. The van der Waals surface area contributed by atoms with E-state index in [1.54, 1.807) is 0 Å². The van der Waals surface area contributed by atoms with Gasteiger partial charge in [0.05, 0.1) is 5.91 Å². The van der Waals surface area contributed by atoms with Gasteiger partial charge in [-0.05, 0) is 31.1 Å². The van der Waals surface area contributed by atoms with Gasteiger partial charge in [0.1, 0.15) is 0 Å². The molecular weight excluding hydrogens is 371 g/mol. The first-order valence-corrected chi connectivity index (χ1v) is 9.77. The van der Waals surface area contributed by atoms with E-state index in [0.717, 1.165) is 25.8 Å². The van der Waals surface area contributed by atoms with E-state index in [0.29, 0.717) is 24.9 Å². The second-order valence-electron chi connectivity index (χ2n) is 6.51. The van der Waals surface area contributed by atoms with Crippen molar-refractivity contribution in [2.24, 2.45) is 11.8 Å². The van der Waals surface area contributed by atoms with Gasteiger partial charge < -0.3 is 20.5 Å². The van der Waals surface area contributed by atoms with Crippen molar-refractivity contribution in [2.45, 2.75) is 80.6 Å². The van der Waals surface area contributed by atoms with E-state index in [1.807, 2.05) is 13.8 Å². The van der Waals surface area contributed by atoms with E-state index >= 15 is 0 Å². The molecule has 7 heteroatoms. The number of hydrogen-bond donors (Lipinski definition) is 3. The van der Waals surface area contributed by atoms with Gasteiger partial charge in [0.25, 0.3) is 0 Å². The Morgan fingerprint density at radius 1 is 1.15 bits per heavy atom. The van der Waals surface area contributed by atoms with Crippen LogP contribution in [-0.4, -0.2) is 36.0 Å². The molecule has 0 unspecified atom stereocenters. The quantitative estimate of drug-likeness (QED) is 0.317. The molecule has 1 aliphatic rings. The minimum absolute atomic E-state index is 0. The third kappa shape index (κ3) is 34.0. The van der Waals surface area contributed by atoms with Crippen molar-refractivity contribution in [1.29, 1.82) is 0 Å². The molecule has 0 atom stereocenters. The van der Waals surface area contributed by atoms with E-state index < -0.39 is 0 Å². The van der Waals surface area contributed by atoms with Crippen LogP contribution in [0.4, 0.5) is 0 Å². The SMILES string of the molecule is CC.CC(C)CCO.CCCNC(=O)CCC(C)C.O=C1[CH-]CC(=O)N1.[K+]. The molecule has 0 radical (unpaired) electrons. The summed E-state index contributed by atoms with van der Waals surface area (Å²) in [6, 6.07) is 0. The average Bonchev–Trinajstić information content (AvgIpc) is 2.97. The molecule has 0 aromatic rings. The molecule has 3 amide bonds. The van der Waals surface area contributed by atoms with Crippen LogP contribution in [0.25, 0.3) is 0 Å². The van der Waals surface area contributed by atoms with E-state index in [-0.39, 0.29) is 75.5 Å². The topological polar surface area (TPSA) is 95.5 Å². The summed E-state index contributed by atoms with van der Waals surface area (Å²) < 4.78 is 0. The van der Waals surface area contributed by atoms with Crippen molar-refractivity contribution in [1.82, 2.24) is 10.6 Å². The average molecular weight is 413 g/mol. The molecule has 0 bridgehead atoms. The Hall–Kier alpha value is 0.0764. The van der Waals surface area contributed by atoms with E-state index in [1.165, 1.54) is 6.42 Å². The molecular formula is C20H41KN2O4. The number of amides is 3. The number of imide groups is 1. The summed E-state index contributed by atoms with van der Waals surface area (Å²) >= 11 is 0. The molecule has 27 heavy (non-hydrogen) atoms. The largest absolute Gasteiger partial charge is 1.00 e. The van der Waals surface area contributed by atoms with Crippen molar-refractivity contribution in [3.63, 3.8) is 0 Å². The maximum absolute atomic E-state index is 11.0. The van der Waals surface area contributed by atoms with Crippen LogP contribution in [0.1, 0.15) is 80.6 Å². The minimum atomic E-state index is -0.273. The molecule has 156 valence electrons. The molecule has 6 nitrogen and oxygen atoms in total. The fourth-order valence-corrected chi connectivity index (χ4v) is 1.46. The van der Waals surface area contributed by atoms with Crippen LogP contribution >= 0.6 is 0 Å². The van der Waals surface area contributed by atoms with Crippen LogP contribution in [0.2, 0.25) is 0 Å². The summed E-state index contributed by atoms with van der Waals surface area (Å²) in [6.07, 6.45) is 5.20. The molecule has 1 fully saturated rings. The third-order valence-corrected chi connectivity index (χ3v) is 2.96. The van der Waals surface area contributed by atoms with Crippen LogP contribution in [0, 0.1) is 18.3 Å². The summed E-state index contributed by atoms with van der Waals surface area (Å²) in [6.45, 7) is 15.7. The van der Waals surface area contributed by atoms with Crippen molar-refractivity contribution in [3.05, 3.63) is 6.42 Å². The Morgan fingerprint density at radius 3 is 1.89 bits per heavy atom. The van der Waals surface area contributed by atoms with Gasteiger partial charge >= 0.3 is 51.4 Å². The molecule has 0 saturated carbocycles. The number of rotatable bonds is 7.